The Bertz CT molecular complexity index is 472. The standard InChI is InChI=1S/C15H22N2O4/c1-11(2)21-14-6-4-5-13(16-14)17-9-12(10-17)20-8-7-15(18)19-3/h4-6,11-12H,7-10H2,1-3H3. The minimum absolute atomic E-state index is 0.110. The largest absolute Gasteiger partial charge is 0.475 e. The lowest BCUT2D eigenvalue weighted by atomic mass is 10.1. The van der Waals surface area contributed by atoms with Crippen LogP contribution in [0.5, 0.6) is 5.88 Å². The highest BCUT2D eigenvalue weighted by molar-refractivity contribution is 5.69. The zero-order valence-electron chi connectivity index (χ0n) is 12.7. The SMILES string of the molecule is COC(=O)CCOC1CN(c2cccc(OC(C)C)n2)C1. The van der Waals surface area contributed by atoms with E-state index in [0.717, 1.165) is 18.9 Å². The molecule has 0 aromatic carbocycles. The first-order valence-electron chi connectivity index (χ1n) is 7.15. The summed E-state index contributed by atoms with van der Waals surface area (Å²) in [4.78, 5) is 17.6. The second-order valence-electron chi connectivity index (χ2n) is 5.22. The van der Waals surface area contributed by atoms with Crippen molar-refractivity contribution in [3.63, 3.8) is 0 Å². The van der Waals surface area contributed by atoms with E-state index in [1.807, 2.05) is 32.0 Å². The lowest BCUT2D eigenvalue weighted by molar-refractivity contribution is -0.142. The molecule has 0 aliphatic carbocycles. The van der Waals surface area contributed by atoms with Crippen LogP contribution in [0.25, 0.3) is 0 Å². The van der Waals surface area contributed by atoms with Crippen LogP contribution in [-0.2, 0) is 14.3 Å². The third-order valence-corrected chi connectivity index (χ3v) is 3.12. The van der Waals surface area contributed by atoms with Crippen molar-refractivity contribution in [2.24, 2.45) is 0 Å². The number of aromatic nitrogens is 1. The number of hydrogen-bond acceptors (Lipinski definition) is 6. The van der Waals surface area contributed by atoms with Crippen LogP contribution in [0.4, 0.5) is 5.82 Å². The summed E-state index contributed by atoms with van der Waals surface area (Å²) in [5.41, 5.74) is 0. The van der Waals surface area contributed by atoms with Crippen molar-refractivity contribution in [3.05, 3.63) is 18.2 Å². The van der Waals surface area contributed by atoms with E-state index in [0.29, 0.717) is 18.9 Å². The van der Waals surface area contributed by atoms with Gasteiger partial charge in [-0.1, -0.05) is 6.07 Å². The van der Waals surface area contributed by atoms with Gasteiger partial charge in [-0.25, -0.2) is 0 Å². The van der Waals surface area contributed by atoms with Gasteiger partial charge in [0.1, 0.15) is 5.82 Å². The number of pyridine rings is 1. The highest BCUT2D eigenvalue weighted by atomic mass is 16.5. The van der Waals surface area contributed by atoms with Crippen LogP contribution in [-0.4, -0.2) is 50.0 Å². The van der Waals surface area contributed by atoms with Crippen molar-refractivity contribution < 1.29 is 19.0 Å². The number of ether oxygens (including phenoxy) is 3. The number of rotatable bonds is 7. The van der Waals surface area contributed by atoms with Gasteiger partial charge in [-0.15, -0.1) is 0 Å². The molecule has 0 amide bonds. The highest BCUT2D eigenvalue weighted by Gasteiger charge is 2.28. The van der Waals surface area contributed by atoms with Gasteiger partial charge in [-0.3, -0.25) is 4.79 Å². The van der Waals surface area contributed by atoms with Gasteiger partial charge >= 0.3 is 5.97 Å². The third kappa shape index (κ3) is 4.60. The molecule has 0 spiro atoms. The molecule has 1 fully saturated rings. The van der Waals surface area contributed by atoms with E-state index in [1.165, 1.54) is 7.11 Å². The number of anilines is 1. The summed E-state index contributed by atoms with van der Waals surface area (Å²) in [7, 11) is 1.38. The summed E-state index contributed by atoms with van der Waals surface area (Å²) >= 11 is 0. The van der Waals surface area contributed by atoms with Crippen LogP contribution < -0.4 is 9.64 Å². The first-order valence-corrected chi connectivity index (χ1v) is 7.15. The Kier molecular flexibility index (Phi) is 5.38. The number of hydrogen-bond donors (Lipinski definition) is 0. The molecular weight excluding hydrogens is 272 g/mol. The fraction of sp³-hybridized carbons (Fsp3) is 0.600. The summed E-state index contributed by atoms with van der Waals surface area (Å²) < 4.78 is 15.7. The normalized spacial score (nSPS) is 15.0. The van der Waals surface area contributed by atoms with Crippen LogP contribution in [0.3, 0.4) is 0 Å². The van der Waals surface area contributed by atoms with Gasteiger partial charge in [0.05, 0.1) is 32.3 Å². The summed E-state index contributed by atoms with van der Waals surface area (Å²) in [5.74, 6) is 1.28. The van der Waals surface area contributed by atoms with Gasteiger partial charge in [-0.2, -0.15) is 4.98 Å². The van der Waals surface area contributed by atoms with E-state index in [-0.39, 0.29) is 18.2 Å². The van der Waals surface area contributed by atoms with E-state index in [4.69, 9.17) is 9.47 Å². The molecule has 1 aromatic rings. The Morgan fingerprint density at radius 3 is 2.86 bits per heavy atom. The van der Waals surface area contributed by atoms with E-state index < -0.39 is 0 Å². The molecular formula is C15H22N2O4. The van der Waals surface area contributed by atoms with Gasteiger partial charge in [0.2, 0.25) is 5.88 Å². The maximum atomic E-state index is 11.0. The second kappa shape index (κ2) is 7.26. The number of carbonyl (C=O) groups excluding carboxylic acids is 1. The smallest absolute Gasteiger partial charge is 0.307 e. The van der Waals surface area contributed by atoms with E-state index in [2.05, 4.69) is 14.6 Å². The monoisotopic (exact) mass is 294 g/mol. The molecule has 0 N–H and O–H groups in total. The van der Waals surface area contributed by atoms with Gasteiger partial charge in [0, 0.05) is 19.2 Å². The van der Waals surface area contributed by atoms with Crippen LogP contribution in [0.2, 0.25) is 0 Å². The molecule has 1 aliphatic rings. The molecule has 0 bridgehead atoms. The summed E-state index contributed by atoms with van der Waals surface area (Å²) in [6.45, 7) is 5.90. The quantitative estimate of drug-likeness (QED) is 0.712. The van der Waals surface area contributed by atoms with Crippen molar-refractivity contribution in [2.45, 2.75) is 32.5 Å². The minimum atomic E-state index is -0.244. The second-order valence-corrected chi connectivity index (χ2v) is 5.22. The zero-order chi connectivity index (χ0) is 15.2. The fourth-order valence-corrected chi connectivity index (χ4v) is 2.03. The third-order valence-electron chi connectivity index (χ3n) is 3.12. The van der Waals surface area contributed by atoms with Gasteiger partial charge in [0.25, 0.3) is 0 Å². The maximum Gasteiger partial charge on any atom is 0.307 e. The van der Waals surface area contributed by atoms with Crippen molar-refractivity contribution in [3.8, 4) is 5.88 Å². The topological polar surface area (TPSA) is 60.9 Å². The predicted octanol–water partition coefficient (Wildman–Crippen LogP) is 1.64. The molecule has 0 saturated carbocycles. The van der Waals surface area contributed by atoms with E-state index in [1.54, 1.807) is 0 Å². The number of methoxy groups -OCH3 is 1. The Morgan fingerprint density at radius 2 is 2.19 bits per heavy atom. The molecule has 116 valence electrons. The molecule has 1 saturated heterocycles. The molecule has 1 aliphatic heterocycles. The lowest BCUT2D eigenvalue weighted by Gasteiger charge is -2.39. The van der Waals surface area contributed by atoms with Crippen molar-refractivity contribution in [1.29, 1.82) is 0 Å². The summed E-state index contributed by atoms with van der Waals surface area (Å²) in [6.07, 6.45) is 0.549. The lowest BCUT2D eigenvalue weighted by Crippen LogP contribution is -2.52. The molecule has 2 heterocycles. The van der Waals surface area contributed by atoms with Crippen LogP contribution in [0, 0.1) is 0 Å². The van der Waals surface area contributed by atoms with Crippen molar-refractivity contribution in [2.75, 3.05) is 31.7 Å². The first kappa shape index (κ1) is 15.6. The summed E-state index contributed by atoms with van der Waals surface area (Å²) in [5, 5.41) is 0. The van der Waals surface area contributed by atoms with Crippen LogP contribution in [0.15, 0.2) is 18.2 Å². The molecule has 6 heteroatoms. The van der Waals surface area contributed by atoms with Gasteiger partial charge in [-0.05, 0) is 19.9 Å². The molecule has 0 radical (unpaired) electrons. The van der Waals surface area contributed by atoms with Crippen LogP contribution >= 0.6 is 0 Å². The van der Waals surface area contributed by atoms with Gasteiger partial charge < -0.3 is 19.1 Å². The van der Waals surface area contributed by atoms with Gasteiger partial charge in [0.15, 0.2) is 0 Å². The Morgan fingerprint density at radius 1 is 1.43 bits per heavy atom. The number of nitrogens with zero attached hydrogens (tertiary/aromatic N) is 2. The molecule has 0 unspecified atom stereocenters. The Balaban J connectivity index is 1.75. The molecule has 6 nitrogen and oxygen atoms in total. The van der Waals surface area contributed by atoms with Crippen LogP contribution in [0.1, 0.15) is 20.3 Å². The van der Waals surface area contributed by atoms with E-state index in [9.17, 15) is 4.79 Å². The average Bonchev–Trinajstić information content (AvgIpc) is 2.40. The molecule has 0 atom stereocenters. The van der Waals surface area contributed by atoms with Crippen molar-refractivity contribution >= 4 is 11.8 Å². The average molecular weight is 294 g/mol. The first-order chi connectivity index (χ1) is 10.1. The molecule has 2 rings (SSSR count). The predicted molar refractivity (Wildman–Crippen MR) is 78.6 cm³/mol. The number of esters is 1. The minimum Gasteiger partial charge on any atom is -0.475 e. The fourth-order valence-electron chi connectivity index (χ4n) is 2.03. The Hall–Kier alpha value is -1.82. The maximum absolute atomic E-state index is 11.0. The Labute approximate surface area is 125 Å². The van der Waals surface area contributed by atoms with Crippen molar-refractivity contribution in [1.82, 2.24) is 4.98 Å². The zero-order valence-corrected chi connectivity index (χ0v) is 12.7. The highest BCUT2D eigenvalue weighted by Crippen LogP contribution is 2.23. The number of carbonyl (C=O) groups is 1. The molecule has 21 heavy (non-hydrogen) atoms. The van der Waals surface area contributed by atoms with E-state index >= 15 is 0 Å². The summed E-state index contributed by atoms with van der Waals surface area (Å²) in [6, 6.07) is 5.75. The molecule has 1 aromatic heterocycles.